The number of halogens is 3. The molecule has 0 saturated heterocycles. The fourth-order valence-corrected chi connectivity index (χ4v) is 0.951. The number of rotatable bonds is 1. The number of allylic oxidation sites excluding steroid dienone is 1. The first kappa shape index (κ1) is 9.69. The van der Waals surface area contributed by atoms with E-state index in [-0.39, 0.29) is 10.6 Å². The van der Waals surface area contributed by atoms with Gasteiger partial charge in [0.1, 0.15) is 0 Å². The predicted octanol–water partition coefficient (Wildman–Crippen LogP) is 3.07. The molecular formula is C9H4ClF2N. The van der Waals surface area contributed by atoms with Gasteiger partial charge in [0.05, 0.1) is 11.1 Å². The Bertz CT molecular complexity index is 393. The maximum atomic E-state index is 12.6. The van der Waals surface area contributed by atoms with Crippen LogP contribution < -0.4 is 0 Å². The van der Waals surface area contributed by atoms with Crippen molar-refractivity contribution in [3.63, 3.8) is 0 Å². The highest BCUT2D eigenvalue weighted by molar-refractivity contribution is 6.48. The molecule has 4 heteroatoms. The van der Waals surface area contributed by atoms with E-state index in [0.29, 0.717) is 0 Å². The van der Waals surface area contributed by atoms with E-state index in [9.17, 15) is 8.78 Å². The summed E-state index contributed by atoms with van der Waals surface area (Å²) < 4.78 is 25.1. The second kappa shape index (κ2) is 4.01. The minimum atomic E-state index is -0.984. The summed E-state index contributed by atoms with van der Waals surface area (Å²) >= 11 is 5.58. The second-order valence-corrected chi connectivity index (χ2v) is 2.66. The van der Waals surface area contributed by atoms with E-state index in [0.717, 1.165) is 18.2 Å². The Hall–Kier alpha value is -1.40. The molecule has 0 aliphatic rings. The molecule has 0 N–H and O–H groups in total. The van der Waals surface area contributed by atoms with Crippen LogP contribution in [0.1, 0.15) is 5.56 Å². The van der Waals surface area contributed by atoms with Crippen LogP contribution in [0.3, 0.4) is 0 Å². The summed E-state index contributed by atoms with van der Waals surface area (Å²) in [5.41, 5.74) is 0.280. The van der Waals surface area contributed by atoms with Crippen LogP contribution in [0.4, 0.5) is 8.78 Å². The van der Waals surface area contributed by atoms with Gasteiger partial charge in [-0.15, -0.1) is 0 Å². The van der Waals surface area contributed by atoms with Crippen molar-refractivity contribution in [1.29, 1.82) is 5.26 Å². The fourth-order valence-electron chi connectivity index (χ4n) is 0.785. The normalized spacial score (nSPS) is 11.1. The van der Waals surface area contributed by atoms with Crippen LogP contribution in [-0.4, -0.2) is 0 Å². The van der Waals surface area contributed by atoms with Gasteiger partial charge in [-0.2, -0.15) is 5.26 Å². The molecule has 0 aliphatic carbocycles. The fraction of sp³-hybridized carbons (Fsp3) is 0. The molecule has 0 unspecified atom stereocenters. The number of benzene rings is 1. The Morgan fingerprint density at radius 3 is 2.62 bits per heavy atom. The van der Waals surface area contributed by atoms with Crippen molar-refractivity contribution in [3.8, 4) is 6.07 Å². The van der Waals surface area contributed by atoms with E-state index in [4.69, 9.17) is 16.9 Å². The van der Waals surface area contributed by atoms with Gasteiger partial charge in [0, 0.05) is 6.08 Å². The van der Waals surface area contributed by atoms with Gasteiger partial charge in [0.25, 0.3) is 0 Å². The smallest absolute Gasteiger partial charge is 0.159 e. The summed E-state index contributed by atoms with van der Waals surface area (Å²) in [7, 11) is 0. The third-order valence-corrected chi connectivity index (χ3v) is 1.71. The molecule has 1 aromatic rings. The third kappa shape index (κ3) is 2.27. The van der Waals surface area contributed by atoms with Gasteiger partial charge in [-0.25, -0.2) is 8.78 Å². The molecular weight excluding hydrogens is 196 g/mol. The lowest BCUT2D eigenvalue weighted by Crippen LogP contribution is -1.85. The monoisotopic (exact) mass is 199 g/mol. The highest BCUT2D eigenvalue weighted by atomic mass is 35.5. The Kier molecular flexibility index (Phi) is 2.99. The molecule has 0 radical (unpaired) electrons. The average Bonchev–Trinajstić information content (AvgIpc) is 2.10. The van der Waals surface area contributed by atoms with Crippen LogP contribution in [0.2, 0.25) is 0 Å². The summed E-state index contributed by atoms with van der Waals surface area (Å²) in [6.07, 6.45) is 1.05. The number of hydrogen-bond donors (Lipinski definition) is 0. The maximum Gasteiger partial charge on any atom is 0.159 e. The lowest BCUT2D eigenvalue weighted by Gasteiger charge is -1.97. The van der Waals surface area contributed by atoms with Gasteiger partial charge < -0.3 is 0 Å². The quantitative estimate of drug-likeness (QED) is 0.638. The predicted molar refractivity (Wildman–Crippen MR) is 45.8 cm³/mol. The minimum absolute atomic E-state index is 0.0846. The minimum Gasteiger partial charge on any atom is -0.204 e. The molecule has 0 atom stereocenters. The highest BCUT2D eigenvalue weighted by Crippen LogP contribution is 2.20. The van der Waals surface area contributed by atoms with E-state index in [1.54, 1.807) is 6.07 Å². The Morgan fingerprint density at radius 2 is 2.08 bits per heavy atom. The molecule has 0 amide bonds. The number of nitrogens with zero attached hydrogens (tertiary/aromatic N) is 1. The van der Waals surface area contributed by atoms with E-state index in [1.165, 1.54) is 6.07 Å². The largest absolute Gasteiger partial charge is 0.204 e. The van der Waals surface area contributed by atoms with Crippen molar-refractivity contribution in [2.24, 2.45) is 0 Å². The Morgan fingerprint density at radius 1 is 1.38 bits per heavy atom. The van der Waals surface area contributed by atoms with Gasteiger partial charge >= 0.3 is 0 Å². The zero-order valence-electron chi connectivity index (χ0n) is 6.39. The van der Waals surface area contributed by atoms with Crippen molar-refractivity contribution in [1.82, 2.24) is 0 Å². The lowest BCUT2D eigenvalue weighted by molar-refractivity contribution is 0.508. The molecule has 0 aromatic heterocycles. The summed E-state index contributed by atoms with van der Waals surface area (Å²) in [4.78, 5) is 0. The molecule has 0 bridgehead atoms. The first-order chi connectivity index (χ1) is 6.15. The molecule has 0 spiro atoms. The Balaban J connectivity index is 3.13. The molecule has 0 heterocycles. The maximum absolute atomic E-state index is 12.6. The first-order valence-electron chi connectivity index (χ1n) is 3.36. The summed E-state index contributed by atoms with van der Waals surface area (Å²) in [6, 6.07) is 4.88. The van der Waals surface area contributed by atoms with Gasteiger partial charge in [0.15, 0.2) is 11.6 Å². The molecule has 0 saturated carbocycles. The van der Waals surface area contributed by atoms with E-state index < -0.39 is 11.6 Å². The molecule has 0 fully saturated rings. The van der Waals surface area contributed by atoms with Crippen LogP contribution in [-0.2, 0) is 0 Å². The summed E-state index contributed by atoms with van der Waals surface area (Å²) in [6.45, 7) is 0. The van der Waals surface area contributed by atoms with Crippen molar-refractivity contribution in [2.75, 3.05) is 0 Å². The zero-order chi connectivity index (χ0) is 9.84. The van der Waals surface area contributed by atoms with Crippen LogP contribution in [0.25, 0.3) is 5.03 Å². The van der Waals surface area contributed by atoms with Crippen LogP contribution >= 0.6 is 11.6 Å². The van der Waals surface area contributed by atoms with Crippen molar-refractivity contribution in [3.05, 3.63) is 41.5 Å². The third-order valence-electron chi connectivity index (χ3n) is 1.39. The molecule has 66 valence electrons. The van der Waals surface area contributed by atoms with Crippen LogP contribution in [0.15, 0.2) is 24.3 Å². The molecule has 0 aliphatic heterocycles. The molecule has 1 aromatic carbocycles. The standard InChI is InChI=1S/C9H4ClF2N/c10-7(3-4-13)6-1-2-8(11)9(12)5-6/h1-3,5H. The summed E-state index contributed by atoms with van der Waals surface area (Å²) in [5, 5.41) is 8.33. The first-order valence-corrected chi connectivity index (χ1v) is 3.73. The summed E-state index contributed by atoms with van der Waals surface area (Å²) in [5.74, 6) is -1.92. The lowest BCUT2D eigenvalue weighted by atomic mass is 10.2. The van der Waals surface area contributed by atoms with Crippen molar-refractivity contribution in [2.45, 2.75) is 0 Å². The Labute approximate surface area is 78.9 Å². The zero-order valence-corrected chi connectivity index (χ0v) is 7.15. The topological polar surface area (TPSA) is 23.8 Å². The van der Waals surface area contributed by atoms with Gasteiger partial charge in [0.2, 0.25) is 0 Å². The van der Waals surface area contributed by atoms with Gasteiger partial charge in [-0.3, -0.25) is 0 Å². The molecule has 1 nitrogen and oxygen atoms in total. The van der Waals surface area contributed by atoms with Crippen molar-refractivity contribution < 1.29 is 8.78 Å². The van der Waals surface area contributed by atoms with E-state index in [1.807, 2.05) is 0 Å². The van der Waals surface area contributed by atoms with Crippen molar-refractivity contribution >= 4 is 16.6 Å². The average molecular weight is 200 g/mol. The van der Waals surface area contributed by atoms with Crippen LogP contribution in [0.5, 0.6) is 0 Å². The van der Waals surface area contributed by atoms with E-state index >= 15 is 0 Å². The van der Waals surface area contributed by atoms with Crippen LogP contribution in [0, 0.1) is 23.0 Å². The molecule has 13 heavy (non-hydrogen) atoms. The van der Waals surface area contributed by atoms with E-state index in [2.05, 4.69) is 0 Å². The highest BCUT2D eigenvalue weighted by Gasteiger charge is 2.04. The van der Waals surface area contributed by atoms with Gasteiger partial charge in [-0.1, -0.05) is 17.7 Å². The van der Waals surface area contributed by atoms with Gasteiger partial charge in [-0.05, 0) is 17.7 Å². The number of hydrogen-bond acceptors (Lipinski definition) is 1. The second-order valence-electron chi connectivity index (χ2n) is 2.25. The SMILES string of the molecule is N#CC=C(Cl)c1ccc(F)c(F)c1. The number of nitriles is 1. The molecule has 1 rings (SSSR count).